The van der Waals surface area contributed by atoms with Crippen LogP contribution in [0.4, 0.5) is 17.1 Å². The van der Waals surface area contributed by atoms with Gasteiger partial charge in [-0.05, 0) is 89.5 Å². The maximum Gasteiger partial charge on any atom is 0.293 e. The number of aromatic nitrogens is 2. The number of pyridine rings is 1. The Morgan fingerprint density at radius 2 is 1.83 bits per heavy atom. The molecule has 1 amide bonds. The first-order chi connectivity index (χ1) is 28.5. The lowest BCUT2D eigenvalue weighted by atomic mass is 9.91. The SMILES string of the molecule is CC(C)c1ccccc1[C@@H]1CCCN1c1ccc(-c2ccc(C(=O)NS(=O)(=O)c3ccc(NC[C@H]4COCCO4)c([N+](=O)[O-])c3)c(Oc3cnc4[nH]ccc4c3)c2)cc1. The van der Waals surface area contributed by atoms with Gasteiger partial charge in [-0.1, -0.05) is 56.3 Å². The lowest BCUT2D eigenvalue weighted by molar-refractivity contribution is -0.384. The van der Waals surface area contributed by atoms with Crippen LogP contribution in [0.3, 0.4) is 0 Å². The number of aromatic amines is 1. The van der Waals surface area contributed by atoms with Gasteiger partial charge in [-0.2, -0.15) is 0 Å². The van der Waals surface area contributed by atoms with Crippen molar-refractivity contribution < 1.29 is 32.3 Å². The maximum absolute atomic E-state index is 13.9. The van der Waals surface area contributed by atoms with E-state index in [2.05, 4.69) is 75.2 Å². The lowest BCUT2D eigenvalue weighted by Gasteiger charge is -2.29. The van der Waals surface area contributed by atoms with Gasteiger partial charge in [-0.15, -0.1) is 0 Å². The third-order valence-corrected chi connectivity index (χ3v) is 12.0. The van der Waals surface area contributed by atoms with E-state index in [0.29, 0.717) is 37.1 Å². The summed E-state index contributed by atoms with van der Waals surface area (Å²) in [5, 5.41) is 15.7. The molecule has 0 bridgehead atoms. The van der Waals surface area contributed by atoms with Crippen molar-refractivity contribution in [2.75, 3.05) is 43.1 Å². The van der Waals surface area contributed by atoms with E-state index in [1.807, 2.05) is 18.2 Å². The average molecular weight is 817 g/mol. The molecule has 0 radical (unpaired) electrons. The van der Waals surface area contributed by atoms with Crippen LogP contribution in [0.25, 0.3) is 22.2 Å². The molecule has 2 aromatic heterocycles. The molecule has 2 fully saturated rings. The summed E-state index contributed by atoms with van der Waals surface area (Å²) < 4.78 is 46.6. The van der Waals surface area contributed by atoms with Gasteiger partial charge in [0.1, 0.15) is 22.8 Å². The van der Waals surface area contributed by atoms with E-state index in [1.54, 1.807) is 24.4 Å². The van der Waals surface area contributed by atoms with E-state index < -0.39 is 31.4 Å². The fraction of sp³-hybridized carbons (Fsp3) is 0.273. The van der Waals surface area contributed by atoms with Crippen LogP contribution in [0.5, 0.6) is 11.5 Å². The van der Waals surface area contributed by atoms with Gasteiger partial charge >= 0.3 is 0 Å². The van der Waals surface area contributed by atoms with Gasteiger partial charge in [0.05, 0.1) is 53.5 Å². The predicted octanol–water partition coefficient (Wildman–Crippen LogP) is 8.34. The molecule has 2 aliphatic heterocycles. The monoisotopic (exact) mass is 816 g/mol. The number of fused-ring (bicyclic) bond motifs is 1. The molecular weight excluding hydrogens is 773 g/mol. The van der Waals surface area contributed by atoms with Gasteiger partial charge in [0.15, 0.2) is 0 Å². The third kappa shape index (κ3) is 8.63. The van der Waals surface area contributed by atoms with Gasteiger partial charge in [0, 0.05) is 36.4 Å². The smallest absolute Gasteiger partial charge is 0.293 e. The van der Waals surface area contributed by atoms with Crippen molar-refractivity contribution in [3.8, 4) is 22.6 Å². The number of hydrogen-bond donors (Lipinski definition) is 3. The first-order valence-electron chi connectivity index (χ1n) is 19.5. The number of anilines is 2. The molecular formula is C44H44N6O8S. The molecule has 4 heterocycles. The van der Waals surface area contributed by atoms with Crippen LogP contribution in [0.1, 0.15) is 60.1 Å². The molecule has 14 nitrogen and oxygen atoms in total. The lowest BCUT2D eigenvalue weighted by Crippen LogP contribution is -2.34. The number of nitro groups is 1. The molecule has 8 rings (SSSR count). The number of amides is 1. The number of nitrogens with one attached hydrogen (secondary N) is 3. The van der Waals surface area contributed by atoms with Gasteiger partial charge in [-0.3, -0.25) is 14.9 Å². The zero-order valence-electron chi connectivity index (χ0n) is 32.6. The molecule has 3 N–H and O–H groups in total. The normalized spacial score (nSPS) is 17.0. The molecule has 304 valence electrons. The van der Waals surface area contributed by atoms with E-state index in [4.69, 9.17) is 14.2 Å². The zero-order valence-corrected chi connectivity index (χ0v) is 33.4. The minimum atomic E-state index is -4.59. The van der Waals surface area contributed by atoms with Crippen LogP contribution in [-0.4, -0.2) is 68.2 Å². The number of carbonyl (C=O) groups excluding carboxylic acids is 1. The van der Waals surface area contributed by atoms with Crippen molar-refractivity contribution in [1.82, 2.24) is 14.7 Å². The Balaban J connectivity index is 1.06. The highest BCUT2D eigenvalue weighted by molar-refractivity contribution is 7.90. The van der Waals surface area contributed by atoms with Gasteiger partial charge in [0.25, 0.3) is 21.6 Å². The summed E-state index contributed by atoms with van der Waals surface area (Å²) in [7, 11) is -4.59. The van der Waals surface area contributed by atoms with E-state index in [0.717, 1.165) is 47.7 Å². The summed E-state index contributed by atoms with van der Waals surface area (Å²) in [6.45, 7) is 6.81. The second-order valence-electron chi connectivity index (χ2n) is 14.9. The quantitative estimate of drug-likeness (QED) is 0.0754. The predicted molar refractivity (Wildman–Crippen MR) is 225 cm³/mol. The number of H-pyrrole nitrogens is 1. The van der Waals surface area contributed by atoms with Crippen LogP contribution in [0, 0.1) is 10.1 Å². The van der Waals surface area contributed by atoms with Crippen LogP contribution in [-0.2, 0) is 19.5 Å². The standard InChI is InChI=1S/C44H44N6O8S/c1-28(2)36-6-3-4-7-37(36)40-8-5-19-49(40)32-12-9-29(10-13-32)30-11-15-38(42(23-30)58-33-22-31-17-18-45-43(31)47-25-33)44(51)48-59(54,55)35-14-16-39(41(24-35)50(52)53)46-26-34-27-56-20-21-57-34/h3-4,6-7,9-18,22-25,28,34,40,46H,5,8,19-21,26-27H2,1-2H3,(H,45,47)(H,48,51)/t34-,40-/m0/s1. The topological polar surface area (TPSA) is 178 Å². The van der Waals surface area contributed by atoms with Crippen molar-refractivity contribution in [1.29, 1.82) is 0 Å². The van der Waals surface area contributed by atoms with E-state index >= 15 is 0 Å². The second kappa shape index (κ2) is 16.9. The molecule has 15 heteroatoms. The van der Waals surface area contributed by atoms with E-state index in [1.165, 1.54) is 35.5 Å². The molecule has 0 spiro atoms. The Morgan fingerprint density at radius 3 is 2.61 bits per heavy atom. The fourth-order valence-electron chi connectivity index (χ4n) is 7.75. The highest BCUT2D eigenvalue weighted by atomic mass is 32.2. The number of hydrogen-bond acceptors (Lipinski definition) is 11. The highest BCUT2D eigenvalue weighted by Gasteiger charge is 2.29. The second-order valence-corrected chi connectivity index (χ2v) is 16.6. The van der Waals surface area contributed by atoms with E-state index in [9.17, 15) is 23.3 Å². The van der Waals surface area contributed by atoms with Crippen molar-refractivity contribution in [2.24, 2.45) is 0 Å². The molecule has 2 atom stereocenters. The summed E-state index contributed by atoms with van der Waals surface area (Å²) in [6.07, 6.45) is 5.09. The third-order valence-electron chi connectivity index (χ3n) is 10.7. The Labute approximate surface area is 341 Å². The number of rotatable bonds is 13. The molecule has 0 aliphatic carbocycles. The van der Waals surface area contributed by atoms with Crippen molar-refractivity contribution in [2.45, 2.75) is 49.6 Å². The molecule has 6 aromatic rings. The Kier molecular flexibility index (Phi) is 11.3. The summed E-state index contributed by atoms with van der Waals surface area (Å²) in [5.41, 5.74) is 5.60. The first-order valence-corrected chi connectivity index (χ1v) is 21.0. The van der Waals surface area contributed by atoms with Crippen LogP contribution >= 0.6 is 0 Å². The first kappa shape index (κ1) is 39.5. The zero-order chi connectivity index (χ0) is 41.1. The summed E-state index contributed by atoms with van der Waals surface area (Å²) >= 11 is 0. The number of benzene rings is 4. The number of carbonyl (C=O) groups is 1. The number of nitro benzene ring substituents is 1. The molecule has 4 aromatic carbocycles. The summed E-state index contributed by atoms with van der Waals surface area (Å²) in [4.78, 5) is 34.6. The van der Waals surface area contributed by atoms with Crippen molar-refractivity contribution >= 4 is 44.0 Å². The summed E-state index contributed by atoms with van der Waals surface area (Å²) in [5.74, 6) is -0.164. The Morgan fingerprint density at radius 1 is 1.02 bits per heavy atom. The van der Waals surface area contributed by atoms with Crippen molar-refractivity contribution in [3.63, 3.8) is 0 Å². The number of sulfonamides is 1. The van der Waals surface area contributed by atoms with E-state index in [-0.39, 0.29) is 35.7 Å². The minimum Gasteiger partial charge on any atom is -0.455 e. The van der Waals surface area contributed by atoms with Gasteiger partial charge < -0.3 is 29.4 Å². The minimum absolute atomic E-state index is 0.0747. The Hall–Kier alpha value is -6.29. The Bertz CT molecular complexity index is 2610. The van der Waals surface area contributed by atoms with Gasteiger partial charge in [-0.25, -0.2) is 18.1 Å². The average Bonchev–Trinajstić information content (AvgIpc) is 3.93. The van der Waals surface area contributed by atoms with Crippen LogP contribution in [0.15, 0.2) is 114 Å². The summed E-state index contributed by atoms with van der Waals surface area (Å²) in [6, 6.07) is 29.1. The van der Waals surface area contributed by atoms with Crippen LogP contribution < -0.4 is 19.7 Å². The molecule has 2 saturated heterocycles. The molecule has 0 unspecified atom stereocenters. The van der Waals surface area contributed by atoms with Gasteiger partial charge in [0.2, 0.25) is 0 Å². The number of ether oxygens (including phenoxy) is 3. The van der Waals surface area contributed by atoms with Crippen LogP contribution in [0.2, 0.25) is 0 Å². The molecule has 59 heavy (non-hydrogen) atoms. The fourth-order valence-corrected chi connectivity index (χ4v) is 8.74. The molecule has 0 saturated carbocycles. The molecule has 2 aliphatic rings. The number of nitrogens with zero attached hydrogens (tertiary/aromatic N) is 3. The largest absolute Gasteiger partial charge is 0.455 e. The van der Waals surface area contributed by atoms with Crippen molar-refractivity contribution in [3.05, 3.63) is 136 Å². The maximum atomic E-state index is 13.9. The highest BCUT2D eigenvalue weighted by Crippen LogP contribution is 2.40.